The zero-order chi connectivity index (χ0) is 15.1. The van der Waals surface area contributed by atoms with Gasteiger partial charge in [-0.15, -0.1) is 0 Å². The fraction of sp³-hybridized carbons (Fsp3) is 0.467. The van der Waals surface area contributed by atoms with Crippen molar-refractivity contribution >= 4 is 5.97 Å². The smallest absolute Gasteiger partial charge is 0.320 e. The maximum Gasteiger partial charge on any atom is 0.320 e. The first-order valence-corrected chi connectivity index (χ1v) is 6.51. The highest BCUT2D eigenvalue weighted by atomic mass is 16.5. The van der Waals surface area contributed by atoms with Gasteiger partial charge >= 0.3 is 5.97 Å². The minimum Gasteiger partial charge on any atom is -0.495 e. The third-order valence-electron chi connectivity index (χ3n) is 2.94. The van der Waals surface area contributed by atoms with E-state index in [1.165, 1.54) is 7.11 Å². The Morgan fingerprint density at radius 1 is 1.50 bits per heavy atom. The number of nitrogens with zero attached hydrogens (tertiary/aromatic N) is 1. The van der Waals surface area contributed by atoms with Crippen molar-refractivity contribution in [3.8, 4) is 11.8 Å². The van der Waals surface area contributed by atoms with Crippen LogP contribution in [0.5, 0.6) is 5.75 Å². The SMILES string of the molecule is COc1ccc(CNC(CC(C)C)C(=O)O)cc1C#N. The van der Waals surface area contributed by atoms with E-state index in [9.17, 15) is 4.79 Å². The fourth-order valence-corrected chi connectivity index (χ4v) is 1.94. The van der Waals surface area contributed by atoms with Gasteiger partial charge in [-0.3, -0.25) is 4.79 Å². The average Bonchev–Trinajstić information content (AvgIpc) is 2.42. The summed E-state index contributed by atoms with van der Waals surface area (Å²) < 4.78 is 5.07. The van der Waals surface area contributed by atoms with E-state index < -0.39 is 12.0 Å². The van der Waals surface area contributed by atoms with E-state index in [1.807, 2.05) is 19.9 Å². The average molecular weight is 276 g/mol. The van der Waals surface area contributed by atoms with Gasteiger partial charge in [0.2, 0.25) is 0 Å². The number of rotatable bonds is 7. The number of methoxy groups -OCH3 is 1. The molecule has 2 N–H and O–H groups in total. The summed E-state index contributed by atoms with van der Waals surface area (Å²) >= 11 is 0. The zero-order valence-electron chi connectivity index (χ0n) is 12.0. The highest BCUT2D eigenvalue weighted by Crippen LogP contribution is 2.19. The molecule has 20 heavy (non-hydrogen) atoms. The van der Waals surface area contributed by atoms with Crippen LogP contribution in [-0.2, 0) is 11.3 Å². The Balaban J connectivity index is 2.73. The number of benzene rings is 1. The van der Waals surface area contributed by atoms with Gasteiger partial charge in [0.25, 0.3) is 0 Å². The molecular weight excluding hydrogens is 256 g/mol. The van der Waals surface area contributed by atoms with Crippen LogP contribution in [0, 0.1) is 17.2 Å². The van der Waals surface area contributed by atoms with E-state index in [-0.39, 0.29) is 0 Å². The predicted octanol–water partition coefficient (Wildman–Crippen LogP) is 2.16. The number of carbonyl (C=O) groups is 1. The molecule has 1 rings (SSSR count). The quantitative estimate of drug-likeness (QED) is 0.797. The largest absolute Gasteiger partial charge is 0.495 e. The van der Waals surface area contributed by atoms with Crippen molar-refractivity contribution in [2.24, 2.45) is 5.92 Å². The van der Waals surface area contributed by atoms with Gasteiger partial charge in [-0.25, -0.2) is 0 Å². The van der Waals surface area contributed by atoms with Gasteiger partial charge in [-0.05, 0) is 30.0 Å². The fourth-order valence-electron chi connectivity index (χ4n) is 1.94. The van der Waals surface area contributed by atoms with Crippen LogP contribution < -0.4 is 10.1 Å². The van der Waals surface area contributed by atoms with Gasteiger partial charge in [-0.1, -0.05) is 19.9 Å². The number of nitriles is 1. The minimum atomic E-state index is -0.854. The van der Waals surface area contributed by atoms with Crippen LogP contribution in [0.3, 0.4) is 0 Å². The van der Waals surface area contributed by atoms with Gasteiger partial charge in [0, 0.05) is 6.54 Å². The van der Waals surface area contributed by atoms with Crippen molar-refractivity contribution in [1.29, 1.82) is 5.26 Å². The summed E-state index contributed by atoms with van der Waals surface area (Å²) in [4.78, 5) is 11.1. The first-order chi connectivity index (χ1) is 9.47. The number of carboxylic acids is 1. The van der Waals surface area contributed by atoms with E-state index in [0.717, 1.165) is 5.56 Å². The lowest BCUT2D eigenvalue weighted by atomic mass is 10.0. The van der Waals surface area contributed by atoms with Crippen LogP contribution in [0.25, 0.3) is 0 Å². The highest BCUT2D eigenvalue weighted by molar-refractivity contribution is 5.73. The molecule has 5 nitrogen and oxygen atoms in total. The van der Waals surface area contributed by atoms with E-state index in [2.05, 4.69) is 11.4 Å². The molecule has 0 aliphatic heterocycles. The summed E-state index contributed by atoms with van der Waals surface area (Å²) in [5, 5.41) is 21.2. The molecule has 0 amide bonds. The molecule has 0 heterocycles. The molecule has 0 saturated heterocycles. The van der Waals surface area contributed by atoms with Gasteiger partial charge < -0.3 is 15.2 Å². The topological polar surface area (TPSA) is 82.3 Å². The lowest BCUT2D eigenvalue weighted by Gasteiger charge is -2.16. The molecular formula is C15H20N2O3. The Labute approximate surface area is 119 Å². The maximum atomic E-state index is 11.1. The second-order valence-corrected chi connectivity index (χ2v) is 5.05. The number of carboxylic acid groups (broad SMARTS) is 1. The number of hydrogen-bond donors (Lipinski definition) is 2. The highest BCUT2D eigenvalue weighted by Gasteiger charge is 2.18. The molecule has 5 heteroatoms. The molecule has 0 spiro atoms. The van der Waals surface area contributed by atoms with E-state index in [4.69, 9.17) is 15.1 Å². The van der Waals surface area contributed by atoms with Gasteiger partial charge in [0.05, 0.1) is 12.7 Å². The predicted molar refractivity (Wildman–Crippen MR) is 75.4 cm³/mol. The van der Waals surface area contributed by atoms with Crippen molar-refractivity contribution in [3.05, 3.63) is 29.3 Å². The van der Waals surface area contributed by atoms with Crippen molar-refractivity contribution in [2.45, 2.75) is 32.9 Å². The monoisotopic (exact) mass is 276 g/mol. The molecule has 0 aliphatic rings. The van der Waals surface area contributed by atoms with Gasteiger partial charge in [-0.2, -0.15) is 5.26 Å². The number of nitrogens with one attached hydrogen (secondary N) is 1. The molecule has 1 unspecified atom stereocenters. The zero-order valence-corrected chi connectivity index (χ0v) is 12.0. The summed E-state index contributed by atoms with van der Waals surface area (Å²) in [6.45, 7) is 4.37. The molecule has 0 fully saturated rings. The maximum absolute atomic E-state index is 11.1. The first-order valence-electron chi connectivity index (χ1n) is 6.51. The Morgan fingerprint density at radius 2 is 2.20 bits per heavy atom. The Morgan fingerprint density at radius 3 is 2.70 bits per heavy atom. The van der Waals surface area contributed by atoms with Crippen molar-refractivity contribution < 1.29 is 14.6 Å². The molecule has 0 aliphatic carbocycles. The molecule has 108 valence electrons. The lowest BCUT2D eigenvalue weighted by molar-refractivity contribution is -0.140. The second-order valence-electron chi connectivity index (χ2n) is 5.05. The van der Waals surface area contributed by atoms with E-state index in [0.29, 0.717) is 30.2 Å². The van der Waals surface area contributed by atoms with Gasteiger partial charge in [0.15, 0.2) is 0 Å². The van der Waals surface area contributed by atoms with Gasteiger partial charge in [0.1, 0.15) is 17.9 Å². The molecule has 0 bridgehead atoms. The van der Waals surface area contributed by atoms with Crippen LogP contribution in [0.2, 0.25) is 0 Å². The summed E-state index contributed by atoms with van der Waals surface area (Å²) in [6.07, 6.45) is 0.566. The lowest BCUT2D eigenvalue weighted by Crippen LogP contribution is -2.37. The first kappa shape index (κ1) is 16.0. The summed E-state index contributed by atoms with van der Waals surface area (Å²) in [6, 6.07) is 6.72. The summed E-state index contributed by atoms with van der Waals surface area (Å²) in [7, 11) is 1.51. The molecule has 0 aromatic heterocycles. The van der Waals surface area contributed by atoms with Crippen molar-refractivity contribution in [3.63, 3.8) is 0 Å². The molecule has 1 aromatic carbocycles. The van der Waals surface area contributed by atoms with Crippen LogP contribution in [0.1, 0.15) is 31.4 Å². The third kappa shape index (κ3) is 4.56. The number of hydrogen-bond acceptors (Lipinski definition) is 4. The van der Waals surface area contributed by atoms with Crippen LogP contribution in [0.4, 0.5) is 0 Å². The molecule has 0 saturated carbocycles. The Hall–Kier alpha value is -2.06. The van der Waals surface area contributed by atoms with Crippen LogP contribution in [0.15, 0.2) is 18.2 Å². The minimum absolute atomic E-state index is 0.300. The number of ether oxygens (including phenoxy) is 1. The Kier molecular flexibility index (Phi) is 6.01. The number of aliphatic carboxylic acids is 1. The Bertz CT molecular complexity index is 506. The molecule has 0 radical (unpaired) electrons. The van der Waals surface area contributed by atoms with Crippen LogP contribution >= 0.6 is 0 Å². The molecule has 1 atom stereocenters. The molecule has 1 aromatic rings. The van der Waals surface area contributed by atoms with E-state index in [1.54, 1.807) is 12.1 Å². The van der Waals surface area contributed by atoms with Crippen molar-refractivity contribution in [2.75, 3.05) is 7.11 Å². The normalized spacial score (nSPS) is 11.9. The second kappa shape index (κ2) is 7.51. The summed E-state index contributed by atoms with van der Waals surface area (Å²) in [5.74, 6) is -0.0323. The standard InChI is InChI=1S/C15H20N2O3/c1-10(2)6-13(15(18)19)17-9-11-4-5-14(20-3)12(7-11)8-16/h4-5,7,10,13,17H,6,9H2,1-3H3,(H,18,19). The summed E-state index contributed by atoms with van der Waals surface area (Å²) in [5.41, 5.74) is 1.31. The van der Waals surface area contributed by atoms with Crippen LogP contribution in [-0.4, -0.2) is 24.2 Å². The van der Waals surface area contributed by atoms with E-state index >= 15 is 0 Å². The van der Waals surface area contributed by atoms with Crippen molar-refractivity contribution in [1.82, 2.24) is 5.32 Å². The third-order valence-corrected chi connectivity index (χ3v) is 2.94.